The van der Waals surface area contributed by atoms with Gasteiger partial charge < -0.3 is 5.32 Å². The van der Waals surface area contributed by atoms with Gasteiger partial charge in [-0.3, -0.25) is 5.10 Å². The molecule has 20 heavy (non-hydrogen) atoms. The predicted octanol–water partition coefficient (Wildman–Crippen LogP) is 3.33. The van der Waals surface area contributed by atoms with Crippen molar-refractivity contribution in [2.45, 2.75) is 23.5 Å². The van der Waals surface area contributed by atoms with Gasteiger partial charge in [0.15, 0.2) is 5.16 Å². The lowest BCUT2D eigenvalue weighted by Crippen LogP contribution is -1.98. The van der Waals surface area contributed by atoms with Gasteiger partial charge >= 0.3 is 0 Å². The maximum atomic E-state index is 4.43. The Morgan fingerprint density at radius 2 is 2.15 bits per heavy atom. The number of nitrogens with one attached hydrogen (secondary N) is 2. The Labute approximate surface area is 124 Å². The van der Waals surface area contributed by atoms with Crippen LogP contribution in [0.25, 0.3) is 0 Å². The Balaban J connectivity index is 1.58. The van der Waals surface area contributed by atoms with Crippen molar-refractivity contribution in [1.29, 1.82) is 0 Å². The second-order valence-electron chi connectivity index (χ2n) is 4.15. The Morgan fingerprint density at radius 1 is 1.30 bits per heavy atom. The van der Waals surface area contributed by atoms with Crippen molar-refractivity contribution < 1.29 is 0 Å². The van der Waals surface area contributed by atoms with Gasteiger partial charge in [0.25, 0.3) is 0 Å². The zero-order valence-corrected chi connectivity index (χ0v) is 12.5. The standard InChI is InChI=1S/C13H13N5S2/c1-9-7-19-12(17-9)6-14-10-2-4-11(5-3-10)20-13-15-8-16-18-13/h2-5,7-8,14H,6H2,1H3,(H,15,16,18). The van der Waals surface area contributed by atoms with Gasteiger partial charge in [-0.05, 0) is 31.2 Å². The number of nitrogens with zero attached hydrogens (tertiary/aromatic N) is 3. The largest absolute Gasteiger partial charge is 0.379 e. The van der Waals surface area contributed by atoms with Crippen LogP contribution in [0.3, 0.4) is 0 Å². The molecule has 0 bridgehead atoms. The quantitative estimate of drug-likeness (QED) is 0.757. The lowest BCUT2D eigenvalue weighted by Gasteiger charge is -2.05. The third-order valence-corrected chi connectivity index (χ3v) is 4.44. The van der Waals surface area contributed by atoms with Gasteiger partial charge in [0, 0.05) is 21.7 Å². The highest BCUT2D eigenvalue weighted by atomic mass is 32.2. The monoisotopic (exact) mass is 303 g/mol. The van der Waals surface area contributed by atoms with Gasteiger partial charge in [-0.15, -0.1) is 11.3 Å². The Kier molecular flexibility index (Phi) is 3.98. The fourth-order valence-electron chi connectivity index (χ4n) is 1.66. The highest BCUT2D eigenvalue weighted by Crippen LogP contribution is 2.25. The minimum atomic E-state index is 0.757. The Bertz CT molecular complexity index is 660. The number of hydrogen-bond acceptors (Lipinski definition) is 6. The molecule has 0 aliphatic carbocycles. The van der Waals surface area contributed by atoms with E-state index in [4.69, 9.17) is 0 Å². The van der Waals surface area contributed by atoms with E-state index >= 15 is 0 Å². The lowest BCUT2D eigenvalue weighted by atomic mass is 10.3. The van der Waals surface area contributed by atoms with Crippen molar-refractivity contribution in [2.24, 2.45) is 0 Å². The number of aromatic nitrogens is 4. The molecular weight excluding hydrogens is 290 g/mol. The van der Waals surface area contributed by atoms with Crippen molar-refractivity contribution >= 4 is 28.8 Å². The lowest BCUT2D eigenvalue weighted by molar-refractivity contribution is 0.973. The third-order valence-electron chi connectivity index (χ3n) is 2.57. The van der Waals surface area contributed by atoms with E-state index in [1.807, 2.05) is 6.92 Å². The first-order valence-electron chi connectivity index (χ1n) is 6.08. The number of thiazole rings is 1. The van der Waals surface area contributed by atoms with Crippen LogP contribution in [0, 0.1) is 6.92 Å². The molecule has 2 aromatic heterocycles. The highest BCUT2D eigenvalue weighted by Gasteiger charge is 2.01. The summed E-state index contributed by atoms with van der Waals surface area (Å²) in [4.78, 5) is 9.63. The molecule has 0 aliphatic rings. The zero-order chi connectivity index (χ0) is 13.8. The molecule has 0 saturated heterocycles. The summed E-state index contributed by atoms with van der Waals surface area (Å²) in [5, 5.41) is 14.0. The molecule has 0 unspecified atom stereocenters. The molecule has 0 saturated carbocycles. The van der Waals surface area contributed by atoms with Crippen molar-refractivity contribution in [3.63, 3.8) is 0 Å². The average Bonchev–Trinajstić information content (AvgIpc) is 3.10. The first kappa shape index (κ1) is 13.1. The molecule has 2 heterocycles. The molecular formula is C13H13N5S2. The maximum Gasteiger partial charge on any atom is 0.188 e. The topological polar surface area (TPSA) is 66.5 Å². The van der Waals surface area contributed by atoms with Crippen molar-refractivity contribution in [2.75, 3.05) is 5.32 Å². The molecule has 7 heteroatoms. The fraction of sp³-hybridized carbons (Fsp3) is 0.154. The first-order valence-corrected chi connectivity index (χ1v) is 7.77. The number of benzene rings is 1. The van der Waals surface area contributed by atoms with Gasteiger partial charge in [0.1, 0.15) is 11.3 Å². The Morgan fingerprint density at radius 3 is 2.80 bits per heavy atom. The molecule has 2 N–H and O–H groups in total. The normalized spacial score (nSPS) is 10.7. The molecule has 0 spiro atoms. The van der Waals surface area contributed by atoms with E-state index in [0.29, 0.717) is 0 Å². The van der Waals surface area contributed by atoms with Crippen LogP contribution in [0.4, 0.5) is 5.69 Å². The first-order chi connectivity index (χ1) is 9.79. The zero-order valence-electron chi connectivity index (χ0n) is 10.8. The van der Waals surface area contributed by atoms with Crippen LogP contribution in [0.2, 0.25) is 0 Å². The van der Waals surface area contributed by atoms with Crippen molar-refractivity contribution in [1.82, 2.24) is 20.2 Å². The van der Waals surface area contributed by atoms with E-state index in [-0.39, 0.29) is 0 Å². The summed E-state index contributed by atoms with van der Waals surface area (Å²) < 4.78 is 0. The molecule has 0 fully saturated rings. The summed E-state index contributed by atoms with van der Waals surface area (Å²) in [6.07, 6.45) is 1.51. The molecule has 102 valence electrons. The molecule has 0 atom stereocenters. The minimum Gasteiger partial charge on any atom is -0.379 e. The van der Waals surface area contributed by atoms with Crippen LogP contribution in [0.5, 0.6) is 0 Å². The minimum absolute atomic E-state index is 0.757. The number of aryl methyl sites for hydroxylation is 1. The highest BCUT2D eigenvalue weighted by molar-refractivity contribution is 7.99. The molecule has 0 aliphatic heterocycles. The fourth-order valence-corrected chi connectivity index (χ4v) is 3.06. The molecule has 3 aromatic rings. The summed E-state index contributed by atoms with van der Waals surface area (Å²) in [7, 11) is 0. The van der Waals surface area contributed by atoms with E-state index in [2.05, 4.69) is 55.1 Å². The van der Waals surface area contributed by atoms with E-state index in [1.54, 1.807) is 23.1 Å². The Hall–Kier alpha value is -1.86. The van der Waals surface area contributed by atoms with Crippen LogP contribution in [-0.4, -0.2) is 20.2 Å². The van der Waals surface area contributed by atoms with E-state index in [1.165, 1.54) is 6.33 Å². The van der Waals surface area contributed by atoms with Crippen LogP contribution in [0.15, 0.2) is 46.0 Å². The molecule has 0 amide bonds. The number of aromatic amines is 1. The van der Waals surface area contributed by atoms with Crippen LogP contribution in [0.1, 0.15) is 10.7 Å². The number of anilines is 1. The summed E-state index contributed by atoms with van der Waals surface area (Å²) in [5.74, 6) is 0. The second kappa shape index (κ2) is 6.06. The van der Waals surface area contributed by atoms with Crippen molar-refractivity contribution in [3.05, 3.63) is 46.7 Å². The maximum absolute atomic E-state index is 4.43. The van der Waals surface area contributed by atoms with E-state index in [9.17, 15) is 0 Å². The molecule has 5 nitrogen and oxygen atoms in total. The summed E-state index contributed by atoms with van der Waals surface area (Å²) in [5.41, 5.74) is 2.16. The number of hydrogen-bond donors (Lipinski definition) is 2. The van der Waals surface area contributed by atoms with Gasteiger partial charge in [-0.2, -0.15) is 5.10 Å². The number of rotatable bonds is 5. The third kappa shape index (κ3) is 3.37. The summed E-state index contributed by atoms with van der Waals surface area (Å²) >= 11 is 3.23. The molecule has 1 aromatic carbocycles. The SMILES string of the molecule is Cc1csc(CNc2ccc(Sc3ncn[nH]3)cc2)n1. The van der Waals surface area contributed by atoms with Gasteiger partial charge in [-0.1, -0.05) is 11.8 Å². The predicted molar refractivity (Wildman–Crippen MR) is 81.1 cm³/mol. The molecule has 0 radical (unpaired) electrons. The van der Waals surface area contributed by atoms with E-state index in [0.717, 1.165) is 33.0 Å². The summed E-state index contributed by atoms with van der Waals surface area (Å²) in [6, 6.07) is 8.23. The smallest absolute Gasteiger partial charge is 0.188 e. The number of H-pyrrole nitrogens is 1. The van der Waals surface area contributed by atoms with Gasteiger partial charge in [0.05, 0.1) is 6.54 Å². The van der Waals surface area contributed by atoms with Crippen LogP contribution in [-0.2, 0) is 6.54 Å². The summed E-state index contributed by atoms with van der Waals surface area (Å²) in [6.45, 7) is 2.77. The second-order valence-corrected chi connectivity index (χ2v) is 6.16. The molecule has 3 rings (SSSR count). The van der Waals surface area contributed by atoms with Crippen molar-refractivity contribution in [3.8, 4) is 0 Å². The van der Waals surface area contributed by atoms with Crippen LogP contribution < -0.4 is 5.32 Å². The van der Waals surface area contributed by atoms with Gasteiger partial charge in [-0.25, -0.2) is 9.97 Å². The van der Waals surface area contributed by atoms with E-state index < -0.39 is 0 Å². The average molecular weight is 303 g/mol. The van der Waals surface area contributed by atoms with Gasteiger partial charge in [0.2, 0.25) is 0 Å². The van der Waals surface area contributed by atoms with Crippen LogP contribution >= 0.6 is 23.1 Å².